The van der Waals surface area contributed by atoms with Crippen molar-refractivity contribution in [3.63, 3.8) is 0 Å². The molecule has 0 saturated carbocycles. The predicted molar refractivity (Wildman–Crippen MR) is 114 cm³/mol. The van der Waals surface area contributed by atoms with Crippen LogP contribution in [0.5, 0.6) is 0 Å². The van der Waals surface area contributed by atoms with E-state index in [4.69, 9.17) is 4.74 Å². The normalized spacial score (nSPS) is 21.2. The molecule has 0 aromatic heterocycles. The van der Waals surface area contributed by atoms with Crippen molar-refractivity contribution in [3.05, 3.63) is 29.8 Å². The number of amides is 1. The van der Waals surface area contributed by atoms with Crippen molar-refractivity contribution in [1.29, 1.82) is 0 Å². The average Bonchev–Trinajstić information content (AvgIpc) is 2.74. The number of anilines is 1. The molecule has 29 heavy (non-hydrogen) atoms. The highest BCUT2D eigenvalue weighted by atomic mass is 32.2. The van der Waals surface area contributed by atoms with Crippen LogP contribution < -0.4 is 4.90 Å². The van der Waals surface area contributed by atoms with Crippen LogP contribution in [0.1, 0.15) is 38.2 Å². The quantitative estimate of drug-likeness (QED) is 0.672. The van der Waals surface area contributed by atoms with E-state index >= 15 is 0 Å². The minimum atomic E-state index is -3.38. The third-order valence-corrected chi connectivity index (χ3v) is 7.74. The Balaban J connectivity index is 1.64. The Morgan fingerprint density at radius 3 is 2.48 bits per heavy atom. The number of carbonyl (C=O) groups is 1. The van der Waals surface area contributed by atoms with Crippen LogP contribution in [0.4, 0.5) is 5.69 Å². The van der Waals surface area contributed by atoms with Crippen LogP contribution in [0.15, 0.2) is 24.3 Å². The Morgan fingerprint density at radius 2 is 1.83 bits per heavy atom. The molecule has 2 heterocycles. The number of piperidine rings is 1. The molecular weight excluding hydrogens is 390 g/mol. The smallest absolute Gasteiger partial charge is 0.241 e. The highest BCUT2D eigenvalue weighted by Crippen LogP contribution is 2.24. The zero-order valence-electron chi connectivity index (χ0n) is 17.5. The number of benzene rings is 1. The molecule has 0 N–H and O–H groups in total. The lowest BCUT2D eigenvalue weighted by molar-refractivity contribution is -0.135. The van der Waals surface area contributed by atoms with E-state index in [1.165, 1.54) is 4.31 Å². The Bertz CT molecular complexity index is 776. The molecule has 8 heteroatoms. The van der Waals surface area contributed by atoms with Gasteiger partial charge in [0.15, 0.2) is 0 Å². The van der Waals surface area contributed by atoms with Crippen LogP contribution >= 0.6 is 0 Å². The van der Waals surface area contributed by atoms with E-state index in [-0.39, 0.29) is 11.7 Å². The molecule has 162 valence electrons. The number of sulfonamides is 1. The molecular formula is C21H33N3O4S. The lowest BCUT2D eigenvalue weighted by Crippen LogP contribution is -2.52. The number of nitrogens with zero attached hydrogens (tertiary/aromatic N) is 3. The molecule has 1 aromatic carbocycles. The number of carbonyl (C=O) groups excluding carboxylic acids is 1. The fourth-order valence-corrected chi connectivity index (χ4v) is 5.84. The Morgan fingerprint density at radius 1 is 1.14 bits per heavy atom. The van der Waals surface area contributed by atoms with Gasteiger partial charge in [-0.3, -0.25) is 4.79 Å². The number of likely N-dealkylation sites (N-methyl/N-ethyl adjacent to an activating group) is 1. The van der Waals surface area contributed by atoms with Gasteiger partial charge in [-0.2, -0.15) is 4.31 Å². The van der Waals surface area contributed by atoms with Crippen molar-refractivity contribution in [1.82, 2.24) is 9.21 Å². The van der Waals surface area contributed by atoms with Gasteiger partial charge in [0.25, 0.3) is 0 Å². The summed E-state index contributed by atoms with van der Waals surface area (Å²) in [6, 6.07) is 7.68. The van der Waals surface area contributed by atoms with E-state index in [9.17, 15) is 13.2 Å². The fraction of sp³-hybridized carbons (Fsp3) is 0.667. The number of hydrogen-bond acceptors (Lipinski definition) is 5. The third kappa shape index (κ3) is 5.49. The summed E-state index contributed by atoms with van der Waals surface area (Å²) in [7, 11) is -1.62. The summed E-state index contributed by atoms with van der Waals surface area (Å²) < 4.78 is 32.1. The Hall–Kier alpha value is -1.64. The number of ether oxygens (including phenoxy) is 1. The van der Waals surface area contributed by atoms with E-state index in [2.05, 4.69) is 17.0 Å². The van der Waals surface area contributed by atoms with Crippen molar-refractivity contribution in [2.75, 3.05) is 50.5 Å². The third-order valence-electron chi connectivity index (χ3n) is 5.67. The number of rotatable bonds is 7. The molecule has 2 aliphatic rings. The molecule has 0 aliphatic carbocycles. The summed E-state index contributed by atoms with van der Waals surface area (Å²) in [4.78, 5) is 17.0. The van der Waals surface area contributed by atoms with Gasteiger partial charge in [-0.1, -0.05) is 25.5 Å². The van der Waals surface area contributed by atoms with Crippen molar-refractivity contribution < 1.29 is 17.9 Å². The van der Waals surface area contributed by atoms with Crippen LogP contribution in [-0.4, -0.2) is 75.2 Å². The topological polar surface area (TPSA) is 70.2 Å². The first-order valence-electron chi connectivity index (χ1n) is 10.6. The number of hydrogen-bond donors (Lipinski definition) is 0. The summed E-state index contributed by atoms with van der Waals surface area (Å²) in [5.74, 6) is -0.00891. The maximum absolute atomic E-state index is 13.1. The van der Waals surface area contributed by atoms with Crippen LogP contribution in [0, 0.1) is 0 Å². The van der Waals surface area contributed by atoms with Gasteiger partial charge in [0.05, 0.1) is 19.0 Å². The average molecular weight is 424 g/mol. The van der Waals surface area contributed by atoms with Crippen molar-refractivity contribution in [2.45, 2.75) is 45.2 Å². The molecule has 0 spiro atoms. The lowest BCUT2D eigenvalue weighted by atomic mass is 10.0. The molecule has 0 bridgehead atoms. The summed E-state index contributed by atoms with van der Waals surface area (Å²) in [5.41, 5.74) is 2.20. The molecule has 2 aliphatic heterocycles. The molecule has 1 atom stereocenters. The van der Waals surface area contributed by atoms with Crippen LogP contribution in [0.25, 0.3) is 0 Å². The van der Waals surface area contributed by atoms with E-state index in [1.807, 2.05) is 19.1 Å². The Kier molecular flexibility index (Phi) is 7.54. The number of morpholine rings is 1. The summed E-state index contributed by atoms with van der Waals surface area (Å²) in [6.45, 7) is 6.05. The zero-order chi connectivity index (χ0) is 20.9. The van der Waals surface area contributed by atoms with Crippen LogP contribution in [0.3, 0.4) is 0 Å². The molecule has 0 radical (unpaired) electrons. The second kappa shape index (κ2) is 9.91. The van der Waals surface area contributed by atoms with Crippen LogP contribution in [-0.2, 0) is 26.1 Å². The second-order valence-electron chi connectivity index (χ2n) is 7.90. The van der Waals surface area contributed by atoms with Gasteiger partial charge < -0.3 is 14.5 Å². The largest absolute Gasteiger partial charge is 0.378 e. The zero-order valence-corrected chi connectivity index (χ0v) is 18.4. The first-order chi connectivity index (χ1) is 13.9. The van der Waals surface area contributed by atoms with E-state index < -0.39 is 16.1 Å². The minimum absolute atomic E-state index is 0.101. The minimum Gasteiger partial charge on any atom is -0.378 e. The van der Waals surface area contributed by atoms with E-state index in [1.54, 1.807) is 11.9 Å². The van der Waals surface area contributed by atoms with Gasteiger partial charge in [0.1, 0.15) is 6.04 Å². The molecule has 2 saturated heterocycles. The van der Waals surface area contributed by atoms with E-state index in [0.29, 0.717) is 25.9 Å². The second-order valence-corrected chi connectivity index (χ2v) is 9.94. The summed E-state index contributed by atoms with van der Waals surface area (Å²) in [6.07, 6.45) is 2.86. The molecule has 2 fully saturated rings. The maximum atomic E-state index is 13.1. The van der Waals surface area contributed by atoms with Gasteiger partial charge in [0, 0.05) is 38.9 Å². The predicted octanol–water partition coefficient (Wildman–Crippen LogP) is 2.08. The summed E-state index contributed by atoms with van der Waals surface area (Å²) in [5, 5.41) is 0. The highest BCUT2D eigenvalue weighted by molar-refractivity contribution is 7.89. The van der Waals surface area contributed by atoms with Crippen molar-refractivity contribution >= 4 is 21.6 Å². The standard InChI is InChI=1S/C21H33N3O4S/c1-3-16-29(26,27)24-11-5-4-6-20(24)21(25)22(2)17-18-7-9-19(10-8-18)23-12-14-28-15-13-23/h7-10,20H,3-6,11-17H2,1-2H3. The maximum Gasteiger partial charge on any atom is 0.241 e. The monoisotopic (exact) mass is 423 g/mol. The van der Waals surface area contributed by atoms with Gasteiger partial charge in [-0.25, -0.2) is 8.42 Å². The molecule has 3 rings (SSSR count). The highest BCUT2D eigenvalue weighted by Gasteiger charge is 2.37. The molecule has 1 unspecified atom stereocenters. The Labute approximate surface area is 174 Å². The van der Waals surface area contributed by atoms with Gasteiger partial charge in [-0.15, -0.1) is 0 Å². The SMILES string of the molecule is CCCS(=O)(=O)N1CCCCC1C(=O)N(C)Cc1ccc(N2CCOCC2)cc1. The molecule has 7 nitrogen and oxygen atoms in total. The van der Waals surface area contributed by atoms with Gasteiger partial charge >= 0.3 is 0 Å². The first-order valence-corrected chi connectivity index (χ1v) is 12.2. The molecule has 1 aromatic rings. The van der Waals surface area contributed by atoms with Crippen molar-refractivity contribution in [2.24, 2.45) is 0 Å². The van der Waals surface area contributed by atoms with E-state index in [0.717, 1.165) is 50.4 Å². The summed E-state index contributed by atoms with van der Waals surface area (Å²) >= 11 is 0. The van der Waals surface area contributed by atoms with Crippen LogP contribution in [0.2, 0.25) is 0 Å². The van der Waals surface area contributed by atoms with Gasteiger partial charge in [0.2, 0.25) is 15.9 Å². The van der Waals surface area contributed by atoms with Crippen molar-refractivity contribution in [3.8, 4) is 0 Å². The lowest BCUT2D eigenvalue weighted by Gasteiger charge is -2.36. The first kappa shape index (κ1) is 22.1. The molecule has 1 amide bonds. The van der Waals surface area contributed by atoms with Gasteiger partial charge in [-0.05, 0) is 37.0 Å². The fourth-order valence-electron chi connectivity index (χ4n) is 4.10.